The minimum Gasteiger partial charge on any atom is -0.300 e. The van der Waals surface area contributed by atoms with Crippen molar-refractivity contribution in [2.75, 3.05) is 11.1 Å². The van der Waals surface area contributed by atoms with Gasteiger partial charge in [0.05, 0.1) is 5.75 Å². The molecule has 1 aromatic rings. The summed E-state index contributed by atoms with van der Waals surface area (Å²) in [5.41, 5.74) is 0. The monoisotopic (exact) mass is 373 g/mol. The van der Waals surface area contributed by atoms with Gasteiger partial charge in [0.15, 0.2) is 0 Å². The van der Waals surface area contributed by atoms with E-state index in [9.17, 15) is 13.2 Å². The molecule has 136 valence electrons. The molecule has 1 amide bonds. The highest BCUT2D eigenvalue weighted by Gasteiger charge is 2.27. The Hall–Kier alpha value is -1.02. The van der Waals surface area contributed by atoms with E-state index in [0.29, 0.717) is 6.42 Å². The minimum atomic E-state index is -3.37. The van der Waals surface area contributed by atoms with Crippen LogP contribution in [0.25, 0.3) is 0 Å². The first-order chi connectivity index (χ1) is 11.5. The van der Waals surface area contributed by atoms with Crippen LogP contribution in [0.15, 0.2) is 4.34 Å². The van der Waals surface area contributed by atoms with E-state index in [4.69, 9.17) is 0 Å². The minimum absolute atomic E-state index is 0.00229. The highest BCUT2D eigenvalue weighted by molar-refractivity contribution is 7.93. The molecule has 8 heteroatoms. The fraction of sp³-hybridized carbons (Fsp3) is 0.812. The molecule has 1 aromatic heterocycles. The summed E-state index contributed by atoms with van der Waals surface area (Å²) in [7, 11) is -3.37. The normalized spacial score (nSPS) is 21.6. The molecular weight excluding hydrogens is 346 g/mol. The molecule has 0 aliphatic heterocycles. The second-order valence-electron chi connectivity index (χ2n) is 6.54. The summed E-state index contributed by atoms with van der Waals surface area (Å²) in [6, 6.07) is 0. The fourth-order valence-corrected chi connectivity index (χ4v) is 5.51. The first kappa shape index (κ1) is 19.3. The number of amides is 1. The molecule has 2 rings (SSSR count). The average molecular weight is 374 g/mol. The first-order valence-corrected chi connectivity index (χ1v) is 11.3. The van der Waals surface area contributed by atoms with Crippen LogP contribution in [0.4, 0.5) is 5.13 Å². The summed E-state index contributed by atoms with van der Waals surface area (Å²) < 4.78 is 23.9. The van der Waals surface area contributed by atoms with E-state index >= 15 is 0 Å². The number of hydrogen-bond donors (Lipinski definition) is 1. The Bertz CT molecular complexity index is 635. The Morgan fingerprint density at radius 3 is 2.50 bits per heavy atom. The molecular formula is C16H27N3O3S2. The van der Waals surface area contributed by atoms with E-state index in [2.05, 4.69) is 22.4 Å². The number of nitrogens with zero attached hydrogens (tertiary/aromatic N) is 2. The van der Waals surface area contributed by atoms with Crippen molar-refractivity contribution in [2.24, 2.45) is 11.8 Å². The maximum atomic E-state index is 12.4. The first-order valence-electron chi connectivity index (χ1n) is 8.83. The van der Waals surface area contributed by atoms with Crippen molar-refractivity contribution in [1.29, 1.82) is 0 Å². The van der Waals surface area contributed by atoms with E-state index < -0.39 is 9.84 Å². The molecule has 0 radical (unpaired) electrons. The summed E-state index contributed by atoms with van der Waals surface area (Å²) in [6.07, 6.45) is 8.29. The van der Waals surface area contributed by atoms with Crippen LogP contribution in [0.5, 0.6) is 0 Å². The number of carbonyl (C=O) groups is 1. The SMILES string of the molecule is CCCCC1CCC(C(=O)Nc2nnc(S(=O)(=O)CCC)s2)CC1. The third kappa shape index (κ3) is 5.24. The molecule has 6 nitrogen and oxygen atoms in total. The molecule has 0 bridgehead atoms. The number of nitrogens with one attached hydrogen (secondary N) is 1. The number of unbranched alkanes of at least 4 members (excludes halogenated alkanes) is 1. The topological polar surface area (TPSA) is 89.0 Å². The maximum Gasteiger partial charge on any atom is 0.234 e. The molecule has 1 aliphatic carbocycles. The number of sulfone groups is 1. The molecule has 0 spiro atoms. The van der Waals surface area contributed by atoms with E-state index in [0.717, 1.165) is 42.9 Å². The zero-order valence-electron chi connectivity index (χ0n) is 14.5. The van der Waals surface area contributed by atoms with E-state index in [1.165, 1.54) is 19.3 Å². The molecule has 0 aromatic carbocycles. The summed E-state index contributed by atoms with van der Waals surface area (Å²) in [4.78, 5) is 12.4. The smallest absolute Gasteiger partial charge is 0.234 e. The zero-order valence-corrected chi connectivity index (χ0v) is 16.1. The number of anilines is 1. The summed E-state index contributed by atoms with van der Waals surface area (Å²) in [6.45, 7) is 4.01. The van der Waals surface area contributed by atoms with Crippen molar-refractivity contribution in [3.05, 3.63) is 0 Å². The Morgan fingerprint density at radius 2 is 1.88 bits per heavy atom. The lowest BCUT2D eigenvalue weighted by Gasteiger charge is -2.27. The molecule has 0 saturated heterocycles. The van der Waals surface area contributed by atoms with Crippen molar-refractivity contribution < 1.29 is 13.2 Å². The largest absolute Gasteiger partial charge is 0.300 e. The highest BCUT2D eigenvalue weighted by atomic mass is 32.2. The van der Waals surface area contributed by atoms with Crippen LogP contribution in [0.3, 0.4) is 0 Å². The predicted molar refractivity (Wildman–Crippen MR) is 95.9 cm³/mol. The standard InChI is InChI=1S/C16H27N3O3S2/c1-3-5-6-12-7-9-13(10-8-12)14(20)17-15-18-19-16(23-15)24(21,22)11-4-2/h12-13H,3-11H2,1-2H3,(H,17,18,20). The summed E-state index contributed by atoms with van der Waals surface area (Å²) in [5, 5.41) is 10.6. The van der Waals surface area contributed by atoms with Gasteiger partial charge in [-0.1, -0.05) is 44.4 Å². The van der Waals surface area contributed by atoms with Gasteiger partial charge in [0.1, 0.15) is 0 Å². The van der Waals surface area contributed by atoms with Gasteiger partial charge in [-0.05, 0) is 38.0 Å². The van der Waals surface area contributed by atoms with Gasteiger partial charge in [0, 0.05) is 5.92 Å². The fourth-order valence-electron chi connectivity index (χ4n) is 3.16. The molecule has 1 aliphatic rings. The lowest BCUT2D eigenvalue weighted by Crippen LogP contribution is -2.27. The molecule has 24 heavy (non-hydrogen) atoms. The van der Waals surface area contributed by atoms with E-state index in [-0.39, 0.29) is 27.0 Å². The van der Waals surface area contributed by atoms with E-state index in [1.54, 1.807) is 6.92 Å². The molecule has 0 unspecified atom stereocenters. The van der Waals surface area contributed by atoms with Gasteiger partial charge in [-0.3, -0.25) is 4.79 Å². The van der Waals surface area contributed by atoms with Crippen LogP contribution in [0, 0.1) is 11.8 Å². The van der Waals surface area contributed by atoms with Gasteiger partial charge in [0.25, 0.3) is 0 Å². The lowest BCUT2D eigenvalue weighted by molar-refractivity contribution is -0.121. The number of aromatic nitrogens is 2. The third-order valence-corrected chi connectivity index (χ3v) is 7.76. The Kier molecular flexibility index (Phi) is 7.16. The molecule has 1 fully saturated rings. The van der Waals surface area contributed by atoms with Crippen molar-refractivity contribution in [1.82, 2.24) is 10.2 Å². The van der Waals surface area contributed by atoms with Crippen molar-refractivity contribution >= 4 is 32.2 Å². The summed E-state index contributed by atoms with van der Waals surface area (Å²) >= 11 is 0.942. The Morgan fingerprint density at radius 1 is 1.17 bits per heavy atom. The van der Waals surface area contributed by atoms with Crippen molar-refractivity contribution in [3.63, 3.8) is 0 Å². The maximum absolute atomic E-state index is 12.4. The van der Waals surface area contributed by atoms with Gasteiger partial charge in [-0.25, -0.2) is 8.42 Å². The molecule has 1 N–H and O–H groups in total. The zero-order chi connectivity index (χ0) is 17.6. The van der Waals surface area contributed by atoms with Crippen molar-refractivity contribution in [2.45, 2.75) is 69.6 Å². The molecule has 0 atom stereocenters. The van der Waals surface area contributed by atoms with Crippen LogP contribution in [0.1, 0.15) is 65.2 Å². The van der Waals surface area contributed by atoms with Crippen LogP contribution >= 0.6 is 11.3 Å². The van der Waals surface area contributed by atoms with Crippen LogP contribution < -0.4 is 5.32 Å². The van der Waals surface area contributed by atoms with Gasteiger partial charge in [-0.15, -0.1) is 10.2 Å². The molecule has 1 saturated carbocycles. The predicted octanol–water partition coefficient (Wildman–Crippen LogP) is 3.66. The quantitative estimate of drug-likeness (QED) is 0.703. The second-order valence-corrected chi connectivity index (χ2v) is 9.80. The Balaban J connectivity index is 1.86. The van der Waals surface area contributed by atoms with Crippen LogP contribution in [-0.4, -0.2) is 30.3 Å². The average Bonchev–Trinajstić information content (AvgIpc) is 3.03. The van der Waals surface area contributed by atoms with Crippen LogP contribution in [-0.2, 0) is 14.6 Å². The lowest BCUT2D eigenvalue weighted by atomic mass is 9.79. The second kappa shape index (κ2) is 8.89. The number of hydrogen-bond acceptors (Lipinski definition) is 6. The van der Waals surface area contributed by atoms with Crippen LogP contribution in [0.2, 0.25) is 0 Å². The van der Waals surface area contributed by atoms with Gasteiger partial charge < -0.3 is 5.32 Å². The third-order valence-electron chi connectivity index (χ3n) is 4.56. The van der Waals surface area contributed by atoms with Gasteiger partial charge in [0.2, 0.25) is 25.2 Å². The summed E-state index contributed by atoms with van der Waals surface area (Å²) in [5.74, 6) is 0.750. The van der Waals surface area contributed by atoms with E-state index in [1.807, 2.05) is 0 Å². The Labute approximate surface area is 148 Å². The molecule has 1 heterocycles. The number of carbonyl (C=O) groups excluding carboxylic acids is 1. The number of rotatable bonds is 8. The van der Waals surface area contributed by atoms with Crippen molar-refractivity contribution in [3.8, 4) is 0 Å². The highest BCUT2D eigenvalue weighted by Crippen LogP contribution is 2.33. The van der Waals surface area contributed by atoms with Gasteiger partial charge >= 0.3 is 0 Å². The van der Waals surface area contributed by atoms with Gasteiger partial charge in [-0.2, -0.15) is 0 Å².